The number of hydrogen-bond acceptors (Lipinski definition) is 5. The Hall–Kier alpha value is -3.10. The summed E-state index contributed by atoms with van der Waals surface area (Å²) in [5.41, 5.74) is 0.0294. The van der Waals surface area contributed by atoms with Gasteiger partial charge in [0.1, 0.15) is 5.76 Å². The van der Waals surface area contributed by atoms with Gasteiger partial charge in [-0.15, -0.1) is 0 Å². The predicted octanol–water partition coefficient (Wildman–Crippen LogP) is 1.14. The molecule has 0 atom stereocenters. The lowest BCUT2D eigenvalue weighted by atomic mass is 10.4. The highest BCUT2D eigenvalue weighted by atomic mass is 16.6. The van der Waals surface area contributed by atoms with Crippen LogP contribution in [0.4, 0.5) is 5.82 Å². The molecule has 0 aromatic carbocycles. The summed E-state index contributed by atoms with van der Waals surface area (Å²) < 4.78 is 4.94. The summed E-state index contributed by atoms with van der Waals surface area (Å²) in [5, 5.41) is 21.6. The lowest BCUT2D eigenvalue weighted by molar-refractivity contribution is -0.389. The van der Waals surface area contributed by atoms with Crippen LogP contribution in [0, 0.1) is 10.1 Å². The van der Waals surface area contributed by atoms with Gasteiger partial charge in [-0.3, -0.25) is 4.79 Å². The number of carboxylic acids is 1. The van der Waals surface area contributed by atoms with Gasteiger partial charge in [0.15, 0.2) is 5.69 Å². The molecule has 0 aliphatic rings. The molecule has 0 radical (unpaired) electrons. The number of aromatic nitrogens is 1. The maximum atomic E-state index is 11.7. The molecule has 20 heavy (non-hydrogen) atoms. The number of hydrogen-bond donors (Lipinski definition) is 3. The van der Waals surface area contributed by atoms with Crippen molar-refractivity contribution in [3.8, 4) is 0 Å². The molecule has 2 rings (SSSR count). The first-order valence-corrected chi connectivity index (χ1v) is 5.41. The molecule has 0 aliphatic carbocycles. The second-order valence-electron chi connectivity index (χ2n) is 3.77. The van der Waals surface area contributed by atoms with Gasteiger partial charge >= 0.3 is 11.8 Å². The van der Waals surface area contributed by atoms with Crippen molar-refractivity contribution >= 4 is 17.7 Å². The highest BCUT2D eigenvalue weighted by Gasteiger charge is 2.16. The molecule has 9 heteroatoms. The third-order valence-corrected chi connectivity index (χ3v) is 2.41. The van der Waals surface area contributed by atoms with E-state index in [4.69, 9.17) is 9.52 Å². The van der Waals surface area contributed by atoms with Gasteiger partial charge in [0.05, 0.1) is 6.54 Å². The molecule has 9 nitrogen and oxygen atoms in total. The molecule has 0 fully saturated rings. The zero-order chi connectivity index (χ0) is 14.7. The van der Waals surface area contributed by atoms with Gasteiger partial charge in [-0.1, -0.05) is 0 Å². The van der Waals surface area contributed by atoms with Crippen LogP contribution in [-0.4, -0.2) is 26.9 Å². The minimum Gasteiger partial charge on any atom is -0.475 e. The SMILES string of the molecule is O=C(NCc1ccc(C(=O)O)o1)c1ccc([N+](=O)[O-])[nH]1. The van der Waals surface area contributed by atoms with Gasteiger partial charge in [0.25, 0.3) is 5.91 Å². The van der Waals surface area contributed by atoms with E-state index in [9.17, 15) is 19.7 Å². The number of aromatic amines is 1. The maximum absolute atomic E-state index is 11.7. The first-order valence-electron chi connectivity index (χ1n) is 5.41. The van der Waals surface area contributed by atoms with Gasteiger partial charge in [0.2, 0.25) is 5.76 Å². The van der Waals surface area contributed by atoms with Crippen LogP contribution in [-0.2, 0) is 6.54 Å². The second kappa shape index (κ2) is 5.26. The Morgan fingerprint density at radius 1 is 1.35 bits per heavy atom. The van der Waals surface area contributed by atoms with E-state index in [1.165, 1.54) is 24.3 Å². The Morgan fingerprint density at radius 3 is 2.65 bits per heavy atom. The monoisotopic (exact) mass is 279 g/mol. The summed E-state index contributed by atoms with van der Waals surface area (Å²) in [6.07, 6.45) is 0. The normalized spacial score (nSPS) is 10.2. The van der Waals surface area contributed by atoms with E-state index in [0.29, 0.717) is 0 Å². The predicted molar refractivity (Wildman–Crippen MR) is 64.3 cm³/mol. The van der Waals surface area contributed by atoms with Gasteiger partial charge < -0.3 is 25.0 Å². The van der Waals surface area contributed by atoms with E-state index in [1.807, 2.05) is 0 Å². The van der Waals surface area contributed by atoms with Crippen molar-refractivity contribution in [3.63, 3.8) is 0 Å². The van der Waals surface area contributed by atoms with Crippen molar-refractivity contribution in [3.05, 3.63) is 51.6 Å². The lowest BCUT2D eigenvalue weighted by Crippen LogP contribution is -2.22. The average molecular weight is 279 g/mol. The van der Waals surface area contributed by atoms with E-state index in [0.717, 1.165) is 0 Å². The minimum atomic E-state index is -1.21. The Balaban J connectivity index is 1.97. The molecule has 1 amide bonds. The van der Waals surface area contributed by atoms with E-state index < -0.39 is 16.8 Å². The molecule has 0 spiro atoms. The van der Waals surface area contributed by atoms with Gasteiger partial charge in [-0.25, -0.2) is 9.78 Å². The molecule has 2 aromatic heterocycles. The van der Waals surface area contributed by atoms with E-state index in [2.05, 4.69) is 10.3 Å². The molecule has 3 N–H and O–H groups in total. The Morgan fingerprint density at radius 2 is 2.10 bits per heavy atom. The smallest absolute Gasteiger partial charge is 0.371 e. The van der Waals surface area contributed by atoms with E-state index in [-0.39, 0.29) is 29.6 Å². The van der Waals surface area contributed by atoms with Crippen LogP contribution in [0.3, 0.4) is 0 Å². The van der Waals surface area contributed by atoms with Crippen LogP contribution in [0.5, 0.6) is 0 Å². The summed E-state index contributed by atoms with van der Waals surface area (Å²) >= 11 is 0. The van der Waals surface area contributed by atoms with Crippen molar-refractivity contribution in [2.45, 2.75) is 6.54 Å². The van der Waals surface area contributed by atoms with Crippen molar-refractivity contribution in [1.29, 1.82) is 0 Å². The van der Waals surface area contributed by atoms with Crippen molar-refractivity contribution in [2.75, 3.05) is 0 Å². The Bertz CT molecular complexity index is 671. The van der Waals surface area contributed by atoms with Crippen LogP contribution in [0.25, 0.3) is 0 Å². The highest BCUT2D eigenvalue weighted by Crippen LogP contribution is 2.11. The molecule has 0 bridgehead atoms. The number of nitrogens with zero attached hydrogens (tertiary/aromatic N) is 1. The van der Waals surface area contributed by atoms with Crippen LogP contribution < -0.4 is 5.32 Å². The number of H-pyrrole nitrogens is 1. The second-order valence-corrected chi connectivity index (χ2v) is 3.77. The topological polar surface area (TPSA) is 138 Å². The maximum Gasteiger partial charge on any atom is 0.371 e. The summed E-state index contributed by atoms with van der Waals surface area (Å²) in [4.78, 5) is 34.4. The average Bonchev–Trinajstić information content (AvgIpc) is 3.05. The lowest BCUT2D eigenvalue weighted by Gasteiger charge is -1.99. The molecule has 2 aromatic rings. The molecule has 0 unspecified atom stereocenters. The highest BCUT2D eigenvalue weighted by molar-refractivity contribution is 5.92. The molecular formula is C11H9N3O6. The zero-order valence-corrected chi connectivity index (χ0v) is 9.95. The number of rotatable bonds is 5. The molecule has 0 saturated carbocycles. The third kappa shape index (κ3) is 2.83. The summed E-state index contributed by atoms with van der Waals surface area (Å²) in [6.45, 7) is -0.0288. The Kier molecular flexibility index (Phi) is 3.51. The fourth-order valence-electron chi connectivity index (χ4n) is 1.47. The van der Waals surface area contributed by atoms with E-state index in [1.54, 1.807) is 0 Å². The third-order valence-electron chi connectivity index (χ3n) is 2.41. The van der Waals surface area contributed by atoms with Crippen molar-refractivity contribution in [1.82, 2.24) is 10.3 Å². The van der Waals surface area contributed by atoms with E-state index >= 15 is 0 Å². The number of nitro groups is 1. The fraction of sp³-hybridized carbons (Fsp3) is 0.0909. The number of carbonyl (C=O) groups excluding carboxylic acids is 1. The number of carboxylic acid groups (broad SMARTS) is 1. The quantitative estimate of drug-likeness (QED) is 0.554. The van der Waals surface area contributed by atoms with Crippen LogP contribution in [0.1, 0.15) is 26.8 Å². The first-order chi connectivity index (χ1) is 9.47. The molecule has 2 heterocycles. The van der Waals surface area contributed by atoms with Gasteiger partial charge in [0, 0.05) is 6.07 Å². The van der Waals surface area contributed by atoms with Crippen LogP contribution in [0.15, 0.2) is 28.7 Å². The Labute approximate surface area is 111 Å². The number of amides is 1. The minimum absolute atomic E-state index is 0.0288. The number of nitrogens with one attached hydrogen (secondary N) is 2. The zero-order valence-electron chi connectivity index (χ0n) is 9.95. The fourth-order valence-corrected chi connectivity index (χ4v) is 1.47. The van der Waals surface area contributed by atoms with Crippen molar-refractivity contribution < 1.29 is 24.0 Å². The first kappa shape index (κ1) is 13.3. The van der Waals surface area contributed by atoms with Gasteiger partial charge in [-0.05, 0) is 23.1 Å². The number of carbonyl (C=O) groups is 2. The molecule has 0 aliphatic heterocycles. The number of aromatic carboxylic acids is 1. The largest absolute Gasteiger partial charge is 0.475 e. The summed E-state index contributed by atoms with van der Waals surface area (Å²) in [5.74, 6) is -2.03. The van der Waals surface area contributed by atoms with Crippen LogP contribution in [0.2, 0.25) is 0 Å². The molecular weight excluding hydrogens is 270 g/mol. The molecule has 104 valence electrons. The number of furan rings is 1. The summed E-state index contributed by atoms with van der Waals surface area (Å²) in [7, 11) is 0. The standard InChI is InChI=1S/C11H9N3O6/c15-10(7-2-4-9(13-7)14(18)19)12-5-6-1-3-8(20-6)11(16)17/h1-4,13H,5H2,(H,12,15)(H,16,17). The molecule has 0 saturated heterocycles. The van der Waals surface area contributed by atoms with Crippen molar-refractivity contribution in [2.24, 2.45) is 0 Å². The summed E-state index contributed by atoms with van der Waals surface area (Å²) in [6, 6.07) is 5.13. The van der Waals surface area contributed by atoms with Crippen LogP contribution >= 0.6 is 0 Å². The van der Waals surface area contributed by atoms with Gasteiger partial charge in [-0.2, -0.15) is 0 Å².